The van der Waals surface area contributed by atoms with Gasteiger partial charge in [-0.15, -0.1) is 0 Å². The van der Waals surface area contributed by atoms with Gasteiger partial charge in [0.05, 0.1) is 0 Å². The highest BCUT2D eigenvalue weighted by atomic mass is 16.1. The molecule has 12 heavy (non-hydrogen) atoms. The van der Waals surface area contributed by atoms with Gasteiger partial charge in [-0.3, -0.25) is 4.79 Å². The zero-order valence-corrected chi connectivity index (χ0v) is 6.60. The molecule has 0 aliphatic rings. The summed E-state index contributed by atoms with van der Waals surface area (Å²) in [6, 6.07) is 8.91. The van der Waals surface area contributed by atoms with E-state index in [2.05, 4.69) is 11.6 Å². The minimum absolute atomic E-state index is 0.240. The zero-order chi connectivity index (χ0) is 8.81. The molecule has 2 heteroatoms. The van der Waals surface area contributed by atoms with Crippen LogP contribution in [0.5, 0.6) is 0 Å². The van der Waals surface area contributed by atoms with E-state index in [1.54, 1.807) is 24.3 Å². The van der Waals surface area contributed by atoms with Crippen LogP contribution in [0.15, 0.2) is 48.0 Å². The molecule has 0 aromatic heterocycles. The van der Waals surface area contributed by atoms with Crippen LogP contribution in [-0.4, -0.2) is 12.1 Å². The van der Waals surface area contributed by atoms with Gasteiger partial charge in [-0.05, 0) is 12.1 Å². The second-order valence-electron chi connectivity index (χ2n) is 2.19. The summed E-state index contributed by atoms with van der Waals surface area (Å²) < 4.78 is 0. The van der Waals surface area contributed by atoms with E-state index in [-0.39, 0.29) is 5.91 Å². The maximum absolute atomic E-state index is 11.2. The first-order valence-corrected chi connectivity index (χ1v) is 3.59. The number of rotatable bonds is 2. The van der Waals surface area contributed by atoms with Gasteiger partial charge in [0.25, 0.3) is 5.91 Å². The van der Waals surface area contributed by atoms with Crippen molar-refractivity contribution in [3.8, 4) is 0 Å². The van der Waals surface area contributed by atoms with Crippen LogP contribution in [0, 0.1) is 0 Å². The van der Waals surface area contributed by atoms with Crippen LogP contribution in [0.25, 0.3) is 0 Å². The summed E-state index contributed by atoms with van der Waals surface area (Å²) in [5.74, 6) is -0.240. The lowest BCUT2D eigenvalue weighted by Gasteiger charge is -1.91. The van der Waals surface area contributed by atoms with E-state index < -0.39 is 0 Å². The summed E-state index contributed by atoms with van der Waals surface area (Å²) in [4.78, 5) is 14.8. The lowest BCUT2D eigenvalue weighted by molar-refractivity contribution is 0.100. The standard InChI is InChI=1S/C10H9NO/c1-2-8-11-10(12)9-6-4-3-5-7-9/h2-8H,1H2. The quantitative estimate of drug-likeness (QED) is 0.607. The second kappa shape index (κ2) is 4.23. The molecule has 1 aromatic rings. The third kappa shape index (κ3) is 2.16. The number of aliphatic imine (C=N–C) groups is 1. The summed E-state index contributed by atoms with van der Waals surface area (Å²) in [7, 11) is 0. The van der Waals surface area contributed by atoms with Crippen molar-refractivity contribution in [3.05, 3.63) is 48.6 Å². The molecule has 0 heterocycles. The SMILES string of the molecule is C=CC=NC(=O)c1ccccc1. The molecule has 0 saturated carbocycles. The summed E-state index contributed by atoms with van der Waals surface area (Å²) in [6.45, 7) is 3.42. The van der Waals surface area contributed by atoms with Crippen LogP contribution < -0.4 is 0 Å². The molecule has 0 unspecified atom stereocenters. The lowest BCUT2D eigenvalue weighted by Crippen LogP contribution is -1.93. The zero-order valence-electron chi connectivity index (χ0n) is 6.60. The number of hydrogen-bond acceptors (Lipinski definition) is 1. The molecular formula is C10H9NO. The van der Waals surface area contributed by atoms with Crippen LogP contribution in [0.3, 0.4) is 0 Å². The minimum atomic E-state index is -0.240. The van der Waals surface area contributed by atoms with Gasteiger partial charge in [0.15, 0.2) is 0 Å². The number of allylic oxidation sites excluding steroid dienone is 1. The molecule has 0 aliphatic carbocycles. The Morgan fingerprint density at radius 2 is 2.00 bits per heavy atom. The van der Waals surface area contributed by atoms with Crippen LogP contribution >= 0.6 is 0 Å². The molecule has 0 fully saturated rings. The molecule has 0 N–H and O–H groups in total. The summed E-state index contributed by atoms with van der Waals surface area (Å²) in [5, 5.41) is 0. The second-order valence-corrected chi connectivity index (χ2v) is 2.19. The molecule has 1 rings (SSSR count). The Bertz CT molecular complexity index is 301. The van der Waals surface area contributed by atoms with E-state index >= 15 is 0 Å². The summed E-state index contributed by atoms with van der Waals surface area (Å²) >= 11 is 0. The highest BCUT2D eigenvalue weighted by Gasteiger charge is 1.98. The number of benzene rings is 1. The molecule has 0 radical (unpaired) electrons. The Balaban J connectivity index is 2.79. The van der Waals surface area contributed by atoms with Gasteiger partial charge in [-0.1, -0.05) is 30.9 Å². The van der Waals surface area contributed by atoms with Crippen molar-refractivity contribution < 1.29 is 4.79 Å². The Morgan fingerprint density at radius 1 is 1.33 bits per heavy atom. The molecule has 0 bridgehead atoms. The molecule has 0 atom stereocenters. The van der Waals surface area contributed by atoms with E-state index in [1.165, 1.54) is 12.3 Å². The van der Waals surface area contributed by atoms with E-state index in [0.717, 1.165) is 0 Å². The number of carbonyl (C=O) groups excluding carboxylic acids is 1. The normalized spacial score (nSPS) is 10.0. The first kappa shape index (κ1) is 8.40. The molecular weight excluding hydrogens is 150 g/mol. The Labute approximate surface area is 71.3 Å². The van der Waals surface area contributed by atoms with Gasteiger partial charge < -0.3 is 0 Å². The van der Waals surface area contributed by atoms with Gasteiger partial charge in [-0.2, -0.15) is 0 Å². The molecule has 1 aromatic carbocycles. The summed E-state index contributed by atoms with van der Waals surface area (Å²) in [6.07, 6.45) is 2.86. The van der Waals surface area contributed by atoms with Gasteiger partial charge in [0.2, 0.25) is 0 Å². The van der Waals surface area contributed by atoms with Crippen LogP contribution in [-0.2, 0) is 0 Å². The van der Waals surface area contributed by atoms with Crippen molar-refractivity contribution in [2.24, 2.45) is 4.99 Å². The monoisotopic (exact) mass is 159 g/mol. The molecule has 2 nitrogen and oxygen atoms in total. The largest absolute Gasteiger partial charge is 0.276 e. The van der Waals surface area contributed by atoms with Crippen LogP contribution in [0.1, 0.15) is 10.4 Å². The lowest BCUT2D eigenvalue weighted by atomic mass is 10.2. The number of carbonyl (C=O) groups is 1. The fourth-order valence-corrected chi connectivity index (χ4v) is 0.776. The molecule has 0 spiro atoms. The third-order valence-corrected chi connectivity index (χ3v) is 1.32. The Hall–Kier alpha value is -1.70. The third-order valence-electron chi connectivity index (χ3n) is 1.32. The Kier molecular flexibility index (Phi) is 2.96. The van der Waals surface area contributed by atoms with E-state index in [9.17, 15) is 4.79 Å². The molecule has 60 valence electrons. The van der Waals surface area contributed by atoms with Crippen molar-refractivity contribution in [1.82, 2.24) is 0 Å². The highest BCUT2D eigenvalue weighted by Crippen LogP contribution is 1.99. The summed E-state index contributed by atoms with van der Waals surface area (Å²) in [5.41, 5.74) is 0.593. The maximum Gasteiger partial charge on any atom is 0.276 e. The van der Waals surface area contributed by atoms with Crippen LogP contribution in [0.4, 0.5) is 0 Å². The predicted molar refractivity (Wildman–Crippen MR) is 49.5 cm³/mol. The molecule has 0 aliphatic heterocycles. The van der Waals surface area contributed by atoms with Gasteiger partial charge in [0.1, 0.15) is 0 Å². The van der Waals surface area contributed by atoms with Crippen LogP contribution in [0.2, 0.25) is 0 Å². The topological polar surface area (TPSA) is 29.4 Å². The first-order valence-electron chi connectivity index (χ1n) is 3.59. The van der Waals surface area contributed by atoms with Gasteiger partial charge >= 0.3 is 0 Å². The van der Waals surface area contributed by atoms with Gasteiger partial charge in [0, 0.05) is 11.8 Å². The molecule has 1 amide bonds. The number of amides is 1. The molecule has 0 saturated heterocycles. The fraction of sp³-hybridized carbons (Fsp3) is 0. The van der Waals surface area contributed by atoms with Crippen molar-refractivity contribution >= 4 is 12.1 Å². The first-order chi connectivity index (χ1) is 5.84. The maximum atomic E-state index is 11.2. The predicted octanol–water partition coefficient (Wildman–Crippen LogP) is 2.08. The smallest absolute Gasteiger partial charge is 0.267 e. The van der Waals surface area contributed by atoms with Gasteiger partial charge in [-0.25, -0.2) is 4.99 Å². The van der Waals surface area contributed by atoms with E-state index in [0.29, 0.717) is 5.56 Å². The van der Waals surface area contributed by atoms with Crippen molar-refractivity contribution in [2.45, 2.75) is 0 Å². The van der Waals surface area contributed by atoms with Crippen molar-refractivity contribution in [3.63, 3.8) is 0 Å². The fourth-order valence-electron chi connectivity index (χ4n) is 0.776. The average Bonchev–Trinajstić information content (AvgIpc) is 2.15. The number of nitrogens with zero attached hydrogens (tertiary/aromatic N) is 1. The average molecular weight is 159 g/mol. The highest BCUT2D eigenvalue weighted by molar-refractivity contribution is 6.00. The van der Waals surface area contributed by atoms with Crippen molar-refractivity contribution in [2.75, 3.05) is 0 Å². The number of hydrogen-bond donors (Lipinski definition) is 0. The van der Waals surface area contributed by atoms with E-state index in [1.807, 2.05) is 6.07 Å². The van der Waals surface area contributed by atoms with Crippen molar-refractivity contribution in [1.29, 1.82) is 0 Å². The Morgan fingerprint density at radius 3 is 2.58 bits per heavy atom. The van der Waals surface area contributed by atoms with E-state index in [4.69, 9.17) is 0 Å². The minimum Gasteiger partial charge on any atom is -0.267 e.